The van der Waals surface area contributed by atoms with E-state index in [0.717, 1.165) is 30.1 Å². The predicted octanol–water partition coefficient (Wildman–Crippen LogP) is 1.07. The maximum absolute atomic E-state index is 12.8. The highest BCUT2D eigenvalue weighted by Crippen LogP contribution is 2.23. The van der Waals surface area contributed by atoms with Gasteiger partial charge in [-0.05, 0) is 37.0 Å². The Morgan fingerprint density at radius 1 is 1.31 bits per heavy atom. The van der Waals surface area contributed by atoms with Gasteiger partial charge in [-0.15, -0.1) is 0 Å². The molecule has 7 nitrogen and oxygen atoms in total. The van der Waals surface area contributed by atoms with Gasteiger partial charge in [0.05, 0.1) is 11.4 Å². The van der Waals surface area contributed by atoms with Crippen LogP contribution in [0.25, 0.3) is 0 Å². The highest BCUT2D eigenvalue weighted by atomic mass is 32.2. The lowest BCUT2D eigenvalue weighted by atomic mass is 9.95. The predicted molar refractivity (Wildman–Crippen MR) is 97.1 cm³/mol. The SMILES string of the molecule is CCC1CCCN(C(=O)c2cccc(S(=O)(=O)N3CCNC(=O)C3)c2)C1. The Labute approximate surface area is 154 Å². The summed E-state index contributed by atoms with van der Waals surface area (Å²) in [5.74, 6) is 0.0639. The van der Waals surface area contributed by atoms with Crippen LogP contribution in [-0.4, -0.2) is 62.2 Å². The van der Waals surface area contributed by atoms with Gasteiger partial charge in [-0.1, -0.05) is 19.4 Å². The van der Waals surface area contributed by atoms with Gasteiger partial charge in [0, 0.05) is 31.7 Å². The third-order valence-electron chi connectivity index (χ3n) is 5.11. The number of nitrogens with zero attached hydrogens (tertiary/aromatic N) is 2. The van der Waals surface area contributed by atoms with E-state index >= 15 is 0 Å². The first kappa shape index (κ1) is 18.8. The fraction of sp³-hybridized carbons (Fsp3) is 0.556. The summed E-state index contributed by atoms with van der Waals surface area (Å²) >= 11 is 0. The van der Waals surface area contributed by atoms with Crippen molar-refractivity contribution in [2.45, 2.75) is 31.1 Å². The number of hydrogen-bond acceptors (Lipinski definition) is 4. The number of benzene rings is 1. The highest BCUT2D eigenvalue weighted by molar-refractivity contribution is 7.89. The summed E-state index contributed by atoms with van der Waals surface area (Å²) in [7, 11) is -3.80. The number of carbonyl (C=O) groups is 2. The van der Waals surface area contributed by atoms with Crippen LogP contribution in [0.5, 0.6) is 0 Å². The number of carbonyl (C=O) groups excluding carboxylic acids is 2. The molecule has 142 valence electrons. The second-order valence-corrected chi connectivity index (χ2v) is 8.82. The fourth-order valence-electron chi connectivity index (χ4n) is 3.52. The first-order valence-corrected chi connectivity index (χ1v) is 10.5. The normalized spacial score (nSPS) is 22.1. The van der Waals surface area contributed by atoms with Crippen LogP contribution in [0.2, 0.25) is 0 Å². The van der Waals surface area contributed by atoms with Gasteiger partial charge in [-0.25, -0.2) is 8.42 Å². The van der Waals surface area contributed by atoms with Gasteiger partial charge in [0.2, 0.25) is 15.9 Å². The van der Waals surface area contributed by atoms with Crippen LogP contribution < -0.4 is 5.32 Å². The topological polar surface area (TPSA) is 86.8 Å². The zero-order chi connectivity index (χ0) is 18.7. The number of piperazine rings is 1. The molecule has 2 amide bonds. The Hall–Kier alpha value is -1.93. The van der Waals surface area contributed by atoms with E-state index < -0.39 is 10.0 Å². The lowest BCUT2D eigenvalue weighted by Gasteiger charge is -2.32. The Bertz CT molecular complexity index is 793. The summed E-state index contributed by atoms with van der Waals surface area (Å²) in [5.41, 5.74) is 0.379. The molecule has 1 aromatic rings. The van der Waals surface area contributed by atoms with Crippen molar-refractivity contribution in [2.75, 3.05) is 32.7 Å². The Kier molecular flexibility index (Phi) is 5.62. The molecule has 1 unspecified atom stereocenters. The molecule has 1 aromatic carbocycles. The fourth-order valence-corrected chi connectivity index (χ4v) is 4.97. The summed E-state index contributed by atoms with van der Waals surface area (Å²) in [6.45, 7) is 3.89. The average molecular weight is 379 g/mol. The molecule has 0 aromatic heterocycles. The van der Waals surface area contributed by atoms with Crippen LogP contribution in [0.15, 0.2) is 29.2 Å². The van der Waals surface area contributed by atoms with Crippen molar-refractivity contribution in [3.8, 4) is 0 Å². The molecule has 26 heavy (non-hydrogen) atoms. The third kappa shape index (κ3) is 3.91. The van der Waals surface area contributed by atoms with Gasteiger partial charge in [-0.3, -0.25) is 9.59 Å². The lowest BCUT2D eigenvalue weighted by Crippen LogP contribution is -2.49. The molecular weight excluding hydrogens is 354 g/mol. The number of rotatable bonds is 4. The smallest absolute Gasteiger partial charge is 0.253 e. The molecule has 2 heterocycles. The Morgan fingerprint density at radius 3 is 2.85 bits per heavy atom. The van der Waals surface area contributed by atoms with E-state index in [1.54, 1.807) is 12.1 Å². The summed E-state index contributed by atoms with van der Waals surface area (Å²) < 4.78 is 26.8. The minimum atomic E-state index is -3.80. The van der Waals surface area contributed by atoms with Crippen LogP contribution in [0.4, 0.5) is 0 Å². The van der Waals surface area contributed by atoms with Gasteiger partial charge in [0.25, 0.3) is 5.91 Å². The maximum Gasteiger partial charge on any atom is 0.253 e. The zero-order valence-electron chi connectivity index (χ0n) is 15.0. The minimum Gasteiger partial charge on any atom is -0.354 e. The number of amides is 2. The first-order chi connectivity index (χ1) is 12.4. The van der Waals surface area contributed by atoms with Crippen LogP contribution in [0, 0.1) is 5.92 Å². The van der Waals surface area contributed by atoms with E-state index in [4.69, 9.17) is 0 Å². The van der Waals surface area contributed by atoms with E-state index in [1.807, 2.05) is 4.90 Å². The number of nitrogens with one attached hydrogen (secondary N) is 1. The third-order valence-corrected chi connectivity index (χ3v) is 6.95. The van der Waals surface area contributed by atoms with Crippen LogP contribution in [0.1, 0.15) is 36.5 Å². The minimum absolute atomic E-state index is 0.0575. The van der Waals surface area contributed by atoms with Gasteiger partial charge < -0.3 is 10.2 Å². The Balaban J connectivity index is 1.81. The highest BCUT2D eigenvalue weighted by Gasteiger charge is 2.30. The van der Waals surface area contributed by atoms with Crippen molar-refractivity contribution >= 4 is 21.8 Å². The number of sulfonamides is 1. The van der Waals surface area contributed by atoms with Crippen LogP contribution in [-0.2, 0) is 14.8 Å². The standard InChI is InChI=1S/C18H25N3O4S/c1-2-14-5-4-9-20(12-14)18(23)15-6-3-7-16(11-15)26(24,25)21-10-8-19-17(22)13-21/h3,6-7,11,14H,2,4-5,8-10,12-13H2,1H3,(H,19,22). The van der Waals surface area contributed by atoms with Crippen molar-refractivity contribution in [1.82, 2.24) is 14.5 Å². The van der Waals surface area contributed by atoms with E-state index in [2.05, 4.69) is 12.2 Å². The molecule has 1 N–H and O–H groups in total. The lowest BCUT2D eigenvalue weighted by molar-refractivity contribution is -0.122. The van der Waals surface area contributed by atoms with Crippen molar-refractivity contribution in [3.63, 3.8) is 0 Å². The molecular formula is C18H25N3O4S. The van der Waals surface area contributed by atoms with Crippen molar-refractivity contribution in [1.29, 1.82) is 0 Å². The molecule has 8 heteroatoms. The number of piperidine rings is 1. The van der Waals surface area contributed by atoms with Gasteiger partial charge in [-0.2, -0.15) is 4.31 Å². The van der Waals surface area contributed by atoms with Crippen molar-refractivity contribution < 1.29 is 18.0 Å². The molecule has 1 atom stereocenters. The van der Waals surface area contributed by atoms with Gasteiger partial charge in [0.15, 0.2) is 0 Å². The zero-order valence-corrected chi connectivity index (χ0v) is 15.8. The average Bonchev–Trinajstić information content (AvgIpc) is 2.67. The number of likely N-dealkylation sites (tertiary alicyclic amines) is 1. The largest absolute Gasteiger partial charge is 0.354 e. The second-order valence-electron chi connectivity index (χ2n) is 6.88. The maximum atomic E-state index is 12.8. The molecule has 2 aliphatic rings. The molecule has 0 saturated carbocycles. The summed E-state index contributed by atoms with van der Waals surface area (Å²) in [6, 6.07) is 6.15. The molecule has 0 aliphatic carbocycles. The van der Waals surface area contributed by atoms with Gasteiger partial charge in [0.1, 0.15) is 0 Å². The molecule has 2 aliphatic heterocycles. The van der Waals surface area contributed by atoms with Crippen molar-refractivity contribution in [2.24, 2.45) is 5.92 Å². The molecule has 0 spiro atoms. The first-order valence-electron chi connectivity index (χ1n) is 9.08. The van der Waals surface area contributed by atoms with Crippen LogP contribution in [0.3, 0.4) is 0 Å². The van der Waals surface area contributed by atoms with E-state index in [0.29, 0.717) is 24.6 Å². The van der Waals surface area contributed by atoms with Gasteiger partial charge >= 0.3 is 0 Å². The van der Waals surface area contributed by atoms with Crippen molar-refractivity contribution in [3.05, 3.63) is 29.8 Å². The van der Waals surface area contributed by atoms with E-state index in [1.165, 1.54) is 12.1 Å². The number of hydrogen-bond donors (Lipinski definition) is 1. The quantitative estimate of drug-likeness (QED) is 0.848. The summed E-state index contributed by atoms with van der Waals surface area (Å²) in [4.78, 5) is 26.2. The van der Waals surface area contributed by atoms with E-state index in [-0.39, 0.29) is 29.8 Å². The summed E-state index contributed by atoms with van der Waals surface area (Å²) in [6.07, 6.45) is 3.14. The molecule has 0 bridgehead atoms. The molecule has 2 fully saturated rings. The molecule has 2 saturated heterocycles. The van der Waals surface area contributed by atoms with Crippen LogP contribution >= 0.6 is 0 Å². The summed E-state index contributed by atoms with van der Waals surface area (Å²) in [5, 5.41) is 2.61. The molecule has 0 radical (unpaired) electrons. The monoisotopic (exact) mass is 379 g/mol. The second kappa shape index (κ2) is 7.75. The molecule has 3 rings (SSSR count). The Morgan fingerprint density at radius 2 is 2.12 bits per heavy atom. The van der Waals surface area contributed by atoms with E-state index in [9.17, 15) is 18.0 Å².